The molecule has 300 valence electrons. The fourth-order valence-electron chi connectivity index (χ4n) is 9.03. The van der Waals surface area contributed by atoms with Crippen LogP contribution in [0.2, 0.25) is 5.02 Å². The average Bonchev–Trinajstić information content (AvgIpc) is 3.71. The normalized spacial score (nSPS) is 17.0. The van der Waals surface area contributed by atoms with Crippen LogP contribution >= 0.6 is 31.3 Å². The van der Waals surface area contributed by atoms with E-state index < -0.39 is 7.92 Å². The van der Waals surface area contributed by atoms with Gasteiger partial charge in [0.15, 0.2) is 0 Å². The quantitative estimate of drug-likeness (QED) is 0.0951. The Morgan fingerprint density at radius 2 is 1.04 bits per heavy atom. The maximum atomic E-state index is 6.18. The third kappa shape index (κ3) is 8.67. The Morgan fingerprint density at radius 1 is 0.579 bits per heavy atom. The zero-order valence-electron chi connectivity index (χ0n) is 36.7. The summed E-state index contributed by atoms with van der Waals surface area (Å²) in [6.45, 7) is 29.5. The van der Waals surface area contributed by atoms with Crippen molar-refractivity contribution < 1.29 is 0 Å². The van der Waals surface area contributed by atoms with Gasteiger partial charge in [-0.3, -0.25) is 0 Å². The van der Waals surface area contributed by atoms with Gasteiger partial charge in [0.2, 0.25) is 0 Å². The molecule has 1 N–H and O–H groups in total. The van der Waals surface area contributed by atoms with Crippen LogP contribution < -0.4 is 21.2 Å². The smallest absolute Gasteiger partial charge is 0.0406 e. The Kier molecular flexibility index (Phi) is 11.5. The molecule has 0 bridgehead atoms. The van der Waals surface area contributed by atoms with Gasteiger partial charge in [-0.05, 0) is 146 Å². The lowest BCUT2D eigenvalue weighted by atomic mass is 9.76. The Morgan fingerprint density at radius 3 is 1.51 bits per heavy atom. The summed E-state index contributed by atoms with van der Waals surface area (Å²) in [5, 5.41) is 9.27. The molecule has 0 radical (unpaired) electrons. The molecule has 57 heavy (non-hydrogen) atoms. The van der Waals surface area contributed by atoms with Gasteiger partial charge in [-0.25, -0.2) is 0 Å². The number of hydrogen-bond donors (Lipinski definition) is 1. The van der Waals surface area contributed by atoms with E-state index >= 15 is 0 Å². The van der Waals surface area contributed by atoms with Crippen LogP contribution in [0.1, 0.15) is 140 Å². The van der Waals surface area contributed by atoms with Crippen molar-refractivity contribution in [1.82, 2.24) is 0 Å². The zero-order valence-corrected chi connectivity index (χ0v) is 39.2. The largest absolute Gasteiger partial charge is 0.384 e. The summed E-state index contributed by atoms with van der Waals surface area (Å²) in [4.78, 5) is 1.26. The first-order chi connectivity index (χ1) is 26.6. The maximum absolute atomic E-state index is 6.18. The summed E-state index contributed by atoms with van der Waals surface area (Å²) in [5.41, 5.74) is 13.4. The Hall–Kier alpha value is -3.03. The first-order valence-corrected chi connectivity index (χ1v) is 23.8. The van der Waals surface area contributed by atoms with Crippen molar-refractivity contribution in [2.45, 2.75) is 141 Å². The molecule has 2 aliphatic carbocycles. The van der Waals surface area contributed by atoms with Gasteiger partial charge in [0, 0.05) is 33.3 Å². The lowest BCUT2D eigenvalue weighted by molar-refractivity contribution is 0.510. The summed E-state index contributed by atoms with van der Waals surface area (Å²) in [5.74, 6) is 0.992. The molecule has 1 spiro atoms. The second-order valence-corrected chi connectivity index (χ2v) is 24.6. The van der Waals surface area contributed by atoms with E-state index in [0.717, 1.165) is 43.0 Å². The van der Waals surface area contributed by atoms with Crippen molar-refractivity contribution in [3.05, 3.63) is 147 Å². The van der Waals surface area contributed by atoms with Gasteiger partial charge >= 0.3 is 0 Å². The molecule has 0 fully saturated rings. The van der Waals surface area contributed by atoms with E-state index in [1.807, 2.05) is 23.9 Å². The molecule has 0 saturated heterocycles. The second kappa shape index (κ2) is 15.5. The lowest BCUT2D eigenvalue weighted by Gasteiger charge is -2.35. The minimum absolute atomic E-state index is 0.0161. The van der Waals surface area contributed by atoms with E-state index in [4.69, 9.17) is 11.6 Å². The predicted molar refractivity (Wildman–Crippen MR) is 254 cm³/mol. The van der Waals surface area contributed by atoms with E-state index in [1.165, 1.54) is 49.0 Å². The van der Waals surface area contributed by atoms with E-state index in [-0.39, 0.29) is 27.1 Å². The van der Waals surface area contributed by atoms with Crippen LogP contribution in [0.3, 0.4) is 0 Å². The number of rotatable bonds is 8. The van der Waals surface area contributed by atoms with Gasteiger partial charge in [0.1, 0.15) is 0 Å². The van der Waals surface area contributed by atoms with Gasteiger partial charge in [-0.1, -0.05) is 161 Å². The lowest BCUT2D eigenvalue weighted by Crippen LogP contribution is -2.33. The first kappa shape index (κ1) is 42.1. The molecule has 0 amide bonds. The average molecular weight is 815 g/mol. The number of benzene rings is 5. The van der Waals surface area contributed by atoms with Crippen LogP contribution in [0.25, 0.3) is 0 Å². The number of anilines is 1. The Balaban J connectivity index is 1.43. The summed E-state index contributed by atoms with van der Waals surface area (Å²) < 4.78 is 0. The standard InChI is InChI=1S/C53H65ClNPS/c1-49(2,3)37-29-38(50(4,5)6)32-42(31-37)56(43-33-39(51(7,8)9)30-40(34-43)52(10,11)12)46-18-14-16-36-24-26-53(48(36)46)25-23-35-15-13-17-45(47(35)53)55-27-28-57-44-21-19-41(54)20-22-44/h13-22,29-34,55H,23-28H2,1-12H3/t53-/m1/s1. The van der Waals surface area contributed by atoms with Crippen LogP contribution in [-0.2, 0) is 39.9 Å². The van der Waals surface area contributed by atoms with E-state index in [1.54, 1.807) is 22.0 Å². The minimum atomic E-state index is -0.918. The molecule has 0 unspecified atom stereocenters. The van der Waals surface area contributed by atoms with E-state index in [0.29, 0.717) is 0 Å². The zero-order chi connectivity index (χ0) is 41.1. The van der Waals surface area contributed by atoms with Crippen LogP contribution in [0.4, 0.5) is 5.69 Å². The minimum Gasteiger partial charge on any atom is -0.384 e. The van der Waals surface area contributed by atoms with Gasteiger partial charge in [0.05, 0.1) is 0 Å². The van der Waals surface area contributed by atoms with Crippen molar-refractivity contribution in [2.75, 3.05) is 17.6 Å². The fourth-order valence-corrected chi connectivity index (χ4v) is 12.7. The third-order valence-electron chi connectivity index (χ3n) is 12.4. The van der Waals surface area contributed by atoms with Gasteiger partial charge < -0.3 is 5.32 Å². The number of nitrogens with one attached hydrogen (secondary N) is 1. The highest BCUT2D eigenvalue weighted by Gasteiger charge is 2.48. The monoisotopic (exact) mass is 813 g/mol. The molecular weight excluding hydrogens is 749 g/mol. The van der Waals surface area contributed by atoms with Crippen molar-refractivity contribution in [3.8, 4) is 0 Å². The number of hydrogen-bond acceptors (Lipinski definition) is 2. The van der Waals surface area contributed by atoms with Gasteiger partial charge in [0.25, 0.3) is 0 Å². The highest BCUT2D eigenvalue weighted by atomic mass is 35.5. The number of aryl methyl sites for hydroxylation is 2. The van der Waals surface area contributed by atoms with Crippen LogP contribution in [0, 0.1) is 0 Å². The van der Waals surface area contributed by atoms with E-state index in [2.05, 4.69) is 173 Å². The van der Waals surface area contributed by atoms with Gasteiger partial charge in [-0.2, -0.15) is 0 Å². The summed E-state index contributed by atoms with van der Waals surface area (Å²) >= 11 is 8.07. The summed E-state index contributed by atoms with van der Waals surface area (Å²) in [7, 11) is -0.918. The maximum Gasteiger partial charge on any atom is 0.0406 e. The Labute approximate surface area is 356 Å². The molecular formula is C53H65ClNPS. The van der Waals surface area contributed by atoms with Crippen LogP contribution in [0.5, 0.6) is 0 Å². The highest BCUT2D eigenvalue weighted by Crippen LogP contribution is 2.56. The second-order valence-electron chi connectivity index (χ2n) is 20.8. The van der Waals surface area contributed by atoms with Crippen LogP contribution in [0.15, 0.2) is 102 Å². The molecule has 0 aliphatic heterocycles. The van der Waals surface area contributed by atoms with Crippen LogP contribution in [-0.4, -0.2) is 12.3 Å². The van der Waals surface area contributed by atoms with Crippen molar-refractivity contribution in [3.63, 3.8) is 0 Å². The highest BCUT2D eigenvalue weighted by molar-refractivity contribution is 7.99. The topological polar surface area (TPSA) is 12.0 Å². The molecule has 5 aromatic carbocycles. The fraction of sp³-hybridized carbons (Fsp3) is 0.434. The molecule has 5 aromatic rings. The van der Waals surface area contributed by atoms with Crippen molar-refractivity contribution in [2.24, 2.45) is 0 Å². The van der Waals surface area contributed by atoms with Crippen molar-refractivity contribution >= 4 is 52.9 Å². The van der Waals surface area contributed by atoms with Crippen molar-refractivity contribution in [1.29, 1.82) is 0 Å². The molecule has 0 heterocycles. The molecule has 0 aromatic heterocycles. The summed E-state index contributed by atoms with van der Waals surface area (Å²) in [6.07, 6.45) is 4.57. The molecule has 1 nitrogen and oxygen atoms in total. The first-order valence-electron chi connectivity index (χ1n) is 21.1. The third-order valence-corrected chi connectivity index (χ3v) is 16.1. The van der Waals surface area contributed by atoms with E-state index in [9.17, 15) is 0 Å². The molecule has 7 rings (SSSR count). The number of fused-ring (bicyclic) bond motifs is 4. The number of halogens is 1. The molecule has 2 aliphatic rings. The Bertz CT molecular complexity index is 2120. The SMILES string of the molecule is CC(C)(C)c1cc(P(c2cc(C(C)(C)C)cc(C(C)(C)C)c2)c2cccc3c2[C@]2(CCc4cccc(NCCSc5ccc(Cl)cc5)c42)CC3)cc(C(C)(C)C)c1. The van der Waals surface area contributed by atoms with Gasteiger partial charge in [-0.15, -0.1) is 11.8 Å². The molecule has 4 heteroatoms. The predicted octanol–water partition coefficient (Wildman–Crippen LogP) is 13.7. The summed E-state index contributed by atoms with van der Waals surface area (Å²) in [6, 6.07) is 38.0. The molecule has 0 saturated carbocycles. The number of thioether (sulfide) groups is 1. The molecule has 1 atom stereocenters.